The van der Waals surface area contributed by atoms with Crippen molar-refractivity contribution in [2.45, 2.75) is 12.5 Å². The molecule has 4 nitrogen and oxygen atoms in total. The number of hydrogen-bond acceptors (Lipinski definition) is 3. The van der Waals surface area contributed by atoms with Crippen LogP contribution in [0.25, 0.3) is 0 Å². The lowest BCUT2D eigenvalue weighted by Crippen LogP contribution is -2.35. The Hall–Kier alpha value is -0.900. The first-order valence-electron chi connectivity index (χ1n) is 2.75. The number of nitrogens with one attached hydrogen (secondary N) is 2. The molecule has 0 aromatic rings. The fourth-order valence-corrected chi connectivity index (χ4v) is 0.855. The van der Waals surface area contributed by atoms with Crippen LogP contribution < -0.4 is 5.32 Å². The zero-order valence-corrected chi connectivity index (χ0v) is 4.85. The molecule has 0 spiro atoms. The lowest BCUT2D eigenvalue weighted by atomic mass is 10.2. The van der Waals surface area contributed by atoms with Gasteiger partial charge in [-0.05, 0) is 6.42 Å². The predicted octanol–water partition coefficient (Wildman–Crippen LogP) is -0.547. The van der Waals surface area contributed by atoms with E-state index in [9.17, 15) is 4.79 Å². The van der Waals surface area contributed by atoms with Crippen LogP contribution in [0.3, 0.4) is 0 Å². The molecule has 1 heterocycles. The Morgan fingerprint density at radius 3 is 2.78 bits per heavy atom. The molecule has 0 radical (unpaired) electrons. The fourth-order valence-electron chi connectivity index (χ4n) is 0.855. The van der Waals surface area contributed by atoms with Gasteiger partial charge in [0.15, 0.2) is 0 Å². The molecular formula is C5H8N2O2. The molecule has 1 atom stereocenters. The summed E-state index contributed by atoms with van der Waals surface area (Å²) in [7, 11) is 0. The van der Waals surface area contributed by atoms with E-state index in [1.807, 2.05) is 0 Å². The Morgan fingerprint density at radius 2 is 2.56 bits per heavy atom. The summed E-state index contributed by atoms with van der Waals surface area (Å²) in [5.41, 5.74) is 0.280. The van der Waals surface area contributed by atoms with Crippen molar-refractivity contribution in [3.63, 3.8) is 0 Å². The molecule has 1 aliphatic rings. The molecule has 1 unspecified atom stereocenters. The molecule has 50 valence electrons. The molecule has 1 fully saturated rings. The maximum absolute atomic E-state index is 10.2. The van der Waals surface area contributed by atoms with Crippen LogP contribution >= 0.6 is 0 Å². The molecule has 4 heteroatoms. The number of aliphatic carboxylic acids is 1. The monoisotopic (exact) mass is 128 g/mol. The van der Waals surface area contributed by atoms with Gasteiger partial charge in [0.05, 0.1) is 0 Å². The standard InChI is InChI=1S/C5H8N2O2/c6-3-1-2-7-4(3)5(8)9/h4,6-7H,1-2H2,(H,8,9). The lowest BCUT2D eigenvalue weighted by Gasteiger charge is -2.01. The van der Waals surface area contributed by atoms with E-state index in [1.54, 1.807) is 0 Å². The molecule has 3 N–H and O–H groups in total. The van der Waals surface area contributed by atoms with Crippen molar-refractivity contribution in [3.8, 4) is 0 Å². The summed E-state index contributed by atoms with van der Waals surface area (Å²) >= 11 is 0. The number of carboxylic acids is 1. The van der Waals surface area contributed by atoms with E-state index in [0.717, 1.165) is 0 Å². The van der Waals surface area contributed by atoms with Crippen molar-refractivity contribution in [1.82, 2.24) is 5.32 Å². The van der Waals surface area contributed by atoms with Crippen LogP contribution in [-0.4, -0.2) is 29.4 Å². The molecule has 9 heavy (non-hydrogen) atoms. The number of rotatable bonds is 1. The second-order valence-electron chi connectivity index (χ2n) is 2.00. The van der Waals surface area contributed by atoms with Gasteiger partial charge < -0.3 is 10.5 Å². The maximum Gasteiger partial charge on any atom is 0.326 e. The smallest absolute Gasteiger partial charge is 0.326 e. The van der Waals surface area contributed by atoms with E-state index < -0.39 is 12.0 Å². The summed E-state index contributed by atoms with van der Waals surface area (Å²) in [6.07, 6.45) is 0.566. The van der Waals surface area contributed by atoms with Crippen LogP contribution in [0, 0.1) is 5.41 Å². The summed E-state index contributed by atoms with van der Waals surface area (Å²) in [6, 6.07) is -0.718. The molecule has 0 bridgehead atoms. The molecule has 0 saturated carbocycles. The summed E-state index contributed by atoms with van der Waals surface area (Å²) in [5, 5.41) is 18.2. The van der Waals surface area contributed by atoms with E-state index >= 15 is 0 Å². The average Bonchev–Trinajstić information content (AvgIpc) is 2.13. The summed E-state index contributed by atoms with van der Waals surface area (Å²) in [5.74, 6) is -0.947. The summed E-state index contributed by atoms with van der Waals surface area (Å²) in [6.45, 7) is 0.621. The Bertz CT molecular complexity index is 155. The normalized spacial score (nSPS) is 26.7. The van der Waals surface area contributed by atoms with Gasteiger partial charge in [-0.3, -0.25) is 10.1 Å². The van der Waals surface area contributed by atoms with Gasteiger partial charge in [0.1, 0.15) is 6.04 Å². The Balaban J connectivity index is 2.60. The Morgan fingerprint density at radius 1 is 1.89 bits per heavy atom. The average molecular weight is 128 g/mol. The number of hydrogen-bond donors (Lipinski definition) is 3. The van der Waals surface area contributed by atoms with Crippen LogP contribution in [-0.2, 0) is 4.79 Å². The topological polar surface area (TPSA) is 73.2 Å². The van der Waals surface area contributed by atoms with E-state index in [2.05, 4.69) is 5.32 Å². The molecule has 1 aliphatic heterocycles. The van der Waals surface area contributed by atoms with Gasteiger partial charge in [-0.25, -0.2) is 0 Å². The minimum atomic E-state index is -0.947. The highest BCUT2D eigenvalue weighted by Crippen LogP contribution is 1.99. The van der Waals surface area contributed by atoms with Crippen molar-refractivity contribution in [2.75, 3.05) is 6.54 Å². The first kappa shape index (κ1) is 6.22. The molecule has 0 amide bonds. The van der Waals surface area contributed by atoms with E-state index in [-0.39, 0.29) is 5.71 Å². The molecule has 1 rings (SSSR count). The first-order chi connectivity index (χ1) is 4.22. The minimum Gasteiger partial charge on any atom is -0.480 e. The van der Waals surface area contributed by atoms with Gasteiger partial charge in [-0.1, -0.05) is 0 Å². The summed E-state index contributed by atoms with van der Waals surface area (Å²) < 4.78 is 0. The highest BCUT2D eigenvalue weighted by atomic mass is 16.4. The largest absolute Gasteiger partial charge is 0.480 e. The van der Waals surface area contributed by atoms with E-state index in [4.69, 9.17) is 10.5 Å². The maximum atomic E-state index is 10.2. The molecule has 1 saturated heterocycles. The third-order valence-electron chi connectivity index (χ3n) is 1.34. The highest BCUT2D eigenvalue weighted by molar-refractivity contribution is 6.05. The molecule has 0 aromatic carbocycles. The molecule has 0 aliphatic carbocycles. The van der Waals surface area contributed by atoms with Crippen LogP contribution in [0.1, 0.15) is 6.42 Å². The quantitative estimate of drug-likeness (QED) is 0.443. The highest BCUT2D eigenvalue weighted by Gasteiger charge is 2.26. The first-order valence-corrected chi connectivity index (χ1v) is 2.75. The van der Waals surface area contributed by atoms with Gasteiger partial charge >= 0.3 is 5.97 Å². The zero-order chi connectivity index (χ0) is 6.85. The number of carboxylic acid groups (broad SMARTS) is 1. The third kappa shape index (κ3) is 1.08. The van der Waals surface area contributed by atoms with Crippen molar-refractivity contribution in [3.05, 3.63) is 0 Å². The van der Waals surface area contributed by atoms with Crippen molar-refractivity contribution in [1.29, 1.82) is 5.41 Å². The Kier molecular flexibility index (Phi) is 1.48. The van der Waals surface area contributed by atoms with Crippen molar-refractivity contribution >= 4 is 11.7 Å². The van der Waals surface area contributed by atoms with Crippen molar-refractivity contribution < 1.29 is 9.90 Å². The van der Waals surface area contributed by atoms with Crippen LogP contribution in [0.4, 0.5) is 0 Å². The third-order valence-corrected chi connectivity index (χ3v) is 1.34. The predicted molar refractivity (Wildman–Crippen MR) is 31.8 cm³/mol. The van der Waals surface area contributed by atoms with E-state index in [0.29, 0.717) is 13.0 Å². The van der Waals surface area contributed by atoms with Gasteiger partial charge in [-0.15, -0.1) is 0 Å². The SMILES string of the molecule is N=C1CCNC1C(=O)O. The molecule has 0 aromatic heterocycles. The van der Waals surface area contributed by atoms with Gasteiger partial charge in [0.2, 0.25) is 0 Å². The molecular weight excluding hydrogens is 120 g/mol. The van der Waals surface area contributed by atoms with Gasteiger partial charge in [-0.2, -0.15) is 0 Å². The lowest BCUT2D eigenvalue weighted by molar-refractivity contribution is -0.137. The zero-order valence-electron chi connectivity index (χ0n) is 4.85. The minimum absolute atomic E-state index is 0.280. The Labute approximate surface area is 52.4 Å². The number of carbonyl (C=O) groups is 1. The fraction of sp³-hybridized carbons (Fsp3) is 0.600. The second-order valence-corrected chi connectivity index (χ2v) is 2.00. The second kappa shape index (κ2) is 2.14. The van der Waals surface area contributed by atoms with Crippen molar-refractivity contribution in [2.24, 2.45) is 0 Å². The van der Waals surface area contributed by atoms with Crippen LogP contribution in [0.15, 0.2) is 0 Å². The van der Waals surface area contributed by atoms with Gasteiger partial charge in [0.25, 0.3) is 0 Å². The van der Waals surface area contributed by atoms with Gasteiger partial charge in [0, 0.05) is 12.3 Å². The van der Waals surface area contributed by atoms with E-state index in [1.165, 1.54) is 0 Å². The van der Waals surface area contributed by atoms with Crippen LogP contribution in [0.2, 0.25) is 0 Å². The van der Waals surface area contributed by atoms with Crippen LogP contribution in [0.5, 0.6) is 0 Å². The summed E-state index contributed by atoms with van der Waals surface area (Å²) in [4.78, 5) is 10.2.